The van der Waals surface area contributed by atoms with E-state index in [1.807, 2.05) is 0 Å². The Kier molecular flexibility index (Phi) is 4.49. The third-order valence-corrected chi connectivity index (χ3v) is 4.42. The van der Waals surface area contributed by atoms with E-state index in [0.29, 0.717) is 17.1 Å². The number of halogens is 1. The molecule has 2 aromatic carbocycles. The summed E-state index contributed by atoms with van der Waals surface area (Å²) >= 11 is 3.33. The highest BCUT2D eigenvalue weighted by Gasteiger charge is 2.11. The van der Waals surface area contributed by atoms with E-state index in [1.54, 1.807) is 30.3 Å². The van der Waals surface area contributed by atoms with Crippen molar-refractivity contribution in [3.05, 3.63) is 52.5 Å². The monoisotopic (exact) mass is 368 g/mol. The number of carbonyl (C=O) groups is 1. The van der Waals surface area contributed by atoms with Crippen molar-refractivity contribution < 1.29 is 17.9 Å². The number of hydrogen-bond acceptors (Lipinski definition) is 4. The molecule has 0 radical (unpaired) electrons. The highest BCUT2D eigenvalue weighted by molar-refractivity contribution is 9.10. The van der Waals surface area contributed by atoms with Crippen molar-refractivity contribution in [3.63, 3.8) is 0 Å². The predicted octanol–water partition coefficient (Wildman–Crippen LogP) is 3.85. The number of hydrogen-bond donors (Lipinski definition) is 0. The van der Waals surface area contributed by atoms with Gasteiger partial charge in [-0.1, -0.05) is 15.9 Å². The van der Waals surface area contributed by atoms with Crippen LogP contribution in [0.5, 0.6) is 11.5 Å². The molecule has 21 heavy (non-hydrogen) atoms. The maximum Gasteiger partial charge on any atom is 0.175 e. The van der Waals surface area contributed by atoms with E-state index >= 15 is 0 Å². The van der Waals surface area contributed by atoms with Crippen molar-refractivity contribution in [2.45, 2.75) is 11.8 Å². The van der Waals surface area contributed by atoms with Crippen LogP contribution in [0.4, 0.5) is 0 Å². The van der Waals surface area contributed by atoms with Gasteiger partial charge in [0.1, 0.15) is 11.5 Å². The molecule has 2 rings (SSSR count). The SMILES string of the molecule is CC(=O)c1ccc(Br)cc1Oc1ccc(S(C)(=O)=O)cc1. The van der Waals surface area contributed by atoms with Crippen LogP contribution in [0.25, 0.3) is 0 Å². The summed E-state index contributed by atoms with van der Waals surface area (Å²) in [7, 11) is -3.24. The Morgan fingerprint density at radius 1 is 1.10 bits per heavy atom. The minimum Gasteiger partial charge on any atom is -0.457 e. The summed E-state index contributed by atoms with van der Waals surface area (Å²) in [6.45, 7) is 1.46. The molecule has 0 spiro atoms. The van der Waals surface area contributed by atoms with Crippen LogP contribution in [0.2, 0.25) is 0 Å². The molecule has 0 fully saturated rings. The van der Waals surface area contributed by atoms with Crippen LogP contribution < -0.4 is 4.74 Å². The molecule has 110 valence electrons. The topological polar surface area (TPSA) is 60.4 Å². The van der Waals surface area contributed by atoms with Crippen LogP contribution in [-0.2, 0) is 9.84 Å². The number of ether oxygens (including phenoxy) is 1. The standard InChI is InChI=1S/C15H13BrO4S/c1-10(17)14-8-3-11(16)9-15(14)20-12-4-6-13(7-5-12)21(2,18)19/h3-9H,1-2H3. The summed E-state index contributed by atoms with van der Waals surface area (Å²) < 4.78 is 29.3. The first-order chi connectivity index (χ1) is 9.77. The van der Waals surface area contributed by atoms with E-state index in [-0.39, 0.29) is 10.7 Å². The Labute approximate surface area is 131 Å². The van der Waals surface area contributed by atoms with Gasteiger partial charge in [0.15, 0.2) is 15.6 Å². The average molecular weight is 369 g/mol. The van der Waals surface area contributed by atoms with Gasteiger partial charge >= 0.3 is 0 Å². The molecule has 0 amide bonds. The molecule has 0 aliphatic heterocycles. The second kappa shape index (κ2) is 5.99. The van der Waals surface area contributed by atoms with E-state index in [0.717, 1.165) is 10.7 Å². The minimum absolute atomic E-state index is 0.106. The molecule has 0 aliphatic rings. The number of sulfone groups is 1. The Morgan fingerprint density at radius 3 is 2.24 bits per heavy atom. The highest BCUT2D eigenvalue weighted by Crippen LogP contribution is 2.29. The molecule has 0 bridgehead atoms. The number of rotatable bonds is 4. The zero-order valence-electron chi connectivity index (χ0n) is 11.5. The fraction of sp³-hybridized carbons (Fsp3) is 0.133. The van der Waals surface area contributed by atoms with Gasteiger partial charge in [-0.2, -0.15) is 0 Å². The minimum atomic E-state index is -3.24. The number of carbonyl (C=O) groups excluding carboxylic acids is 1. The van der Waals surface area contributed by atoms with Crippen LogP contribution in [0.15, 0.2) is 51.8 Å². The summed E-state index contributed by atoms with van der Waals surface area (Å²) in [4.78, 5) is 11.8. The molecule has 2 aromatic rings. The largest absolute Gasteiger partial charge is 0.457 e. The molecule has 0 saturated carbocycles. The zero-order valence-corrected chi connectivity index (χ0v) is 13.9. The van der Waals surface area contributed by atoms with Crippen molar-refractivity contribution in [3.8, 4) is 11.5 Å². The van der Waals surface area contributed by atoms with Crippen molar-refractivity contribution in [1.82, 2.24) is 0 Å². The summed E-state index contributed by atoms with van der Waals surface area (Å²) in [5, 5.41) is 0. The van der Waals surface area contributed by atoms with Gasteiger partial charge in [-0.15, -0.1) is 0 Å². The quantitative estimate of drug-likeness (QED) is 0.769. The zero-order chi connectivity index (χ0) is 15.6. The average Bonchev–Trinajstić information content (AvgIpc) is 2.38. The molecule has 4 nitrogen and oxygen atoms in total. The van der Waals surface area contributed by atoms with Gasteiger partial charge < -0.3 is 4.74 Å². The van der Waals surface area contributed by atoms with Crippen LogP contribution in [0.1, 0.15) is 17.3 Å². The van der Waals surface area contributed by atoms with Gasteiger partial charge in [-0.25, -0.2) is 8.42 Å². The maximum absolute atomic E-state index is 11.6. The first kappa shape index (κ1) is 15.7. The Balaban J connectivity index is 2.34. The van der Waals surface area contributed by atoms with Crippen molar-refractivity contribution in [2.24, 2.45) is 0 Å². The number of ketones is 1. The van der Waals surface area contributed by atoms with Crippen molar-refractivity contribution in [1.29, 1.82) is 0 Å². The molecular formula is C15H13BrO4S. The predicted molar refractivity (Wildman–Crippen MR) is 83.8 cm³/mol. The van der Waals surface area contributed by atoms with Gasteiger partial charge in [0.05, 0.1) is 10.5 Å². The van der Waals surface area contributed by atoms with Gasteiger partial charge in [0, 0.05) is 10.7 Å². The van der Waals surface area contributed by atoms with Crippen LogP contribution in [0.3, 0.4) is 0 Å². The molecule has 0 saturated heterocycles. The van der Waals surface area contributed by atoms with Gasteiger partial charge in [0.25, 0.3) is 0 Å². The van der Waals surface area contributed by atoms with E-state index in [9.17, 15) is 13.2 Å². The normalized spacial score (nSPS) is 11.2. The lowest BCUT2D eigenvalue weighted by molar-refractivity contribution is 0.101. The lowest BCUT2D eigenvalue weighted by Crippen LogP contribution is -1.98. The summed E-state index contributed by atoms with van der Waals surface area (Å²) in [5.41, 5.74) is 0.463. The van der Waals surface area contributed by atoms with Gasteiger partial charge in [0.2, 0.25) is 0 Å². The summed E-state index contributed by atoms with van der Waals surface area (Å²) in [6.07, 6.45) is 1.14. The van der Waals surface area contributed by atoms with Crippen molar-refractivity contribution >= 4 is 31.6 Å². The molecular weight excluding hydrogens is 356 g/mol. The third kappa shape index (κ3) is 3.92. The van der Waals surface area contributed by atoms with Crippen LogP contribution in [-0.4, -0.2) is 20.5 Å². The molecule has 0 atom stereocenters. The molecule has 0 N–H and O–H groups in total. The lowest BCUT2D eigenvalue weighted by atomic mass is 10.1. The van der Waals surface area contributed by atoms with E-state index in [4.69, 9.17) is 4.74 Å². The van der Waals surface area contributed by atoms with Crippen LogP contribution >= 0.6 is 15.9 Å². The summed E-state index contributed by atoms with van der Waals surface area (Å²) in [6, 6.07) is 11.2. The molecule has 0 unspecified atom stereocenters. The van der Waals surface area contributed by atoms with E-state index in [1.165, 1.54) is 19.1 Å². The van der Waals surface area contributed by atoms with Crippen molar-refractivity contribution in [2.75, 3.05) is 6.26 Å². The fourth-order valence-electron chi connectivity index (χ4n) is 1.75. The second-order valence-electron chi connectivity index (χ2n) is 4.54. The Hall–Kier alpha value is -1.66. The Bertz CT molecular complexity index is 780. The lowest BCUT2D eigenvalue weighted by Gasteiger charge is -2.10. The molecule has 0 heterocycles. The molecule has 0 aliphatic carbocycles. The highest BCUT2D eigenvalue weighted by atomic mass is 79.9. The van der Waals surface area contributed by atoms with Crippen LogP contribution in [0, 0.1) is 0 Å². The second-order valence-corrected chi connectivity index (χ2v) is 7.47. The first-order valence-corrected chi connectivity index (χ1v) is 8.74. The first-order valence-electron chi connectivity index (χ1n) is 6.06. The summed E-state index contributed by atoms with van der Waals surface area (Å²) in [5.74, 6) is 0.775. The van der Waals surface area contributed by atoms with Gasteiger partial charge in [-0.05, 0) is 49.4 Å². The Morgan fingerprint density at radius 2 is 1.71 bits per heavy atom. The number of benzene rings is 2. The van der Waals surface area contributed by atoms with Gasteiger partial charge in [-0.3, -0.25) is 4.79 Å². The smallest absolute Gasteiger partial charge is 0.175 e. The fourth-order valence-corrected chi connectivity index (χ4v) is 2.72. The maximum atomic E-state index is 11.6. The number of Topliss-reactive ketones (excluding diaryl/α,β-unsaturated/α-hetero) is 1. The van der Waals surface area contributed by atoms with E-state index in [2.05, 4.69) is 15.9 Å². The molecule has 6 heteroatoms. The molecule has 0 aromatic heterocycles. The third-order valence-electron chi connectivity index (χ3n) is 2.80. The van der Waals surface area contributed by atoms with E-state index < -0.39 is 9.84 Å².